The van der Waals surface area contributed by atoms with Crippen molar-refractivity contribution in [3.63, 3.8) is 0 Å². The van der Waals surface area contributed by atoms with Crippen LogP contribution in [0.15, 0.2) is 42.5 Å². The topological polar surface area (TPSA) is 0 Å². The zero-order chi connectivity index (χ0) is 8.10. The second-order valence-corrected chi connectivity index (χ2v) is 2.54. The third-order valence-electron chi connectivity index (χ3n) is 1.65. The molecule has 1 aromatic rings. The molecular formula is C11H13. The lowest BCUT2D eigenvalue weighted by Crippen LogP contribution is -1.87. The minimum Gasteiger partial charge on any atom is -0.0910 e. The zero-order valence-corrected chi connectivity index (χ0v) is 6.83. The maximum atomic E-state index is 4.01. The van der Waals surface area contributed by atoms with Crippen LogP contribution in [0.2, 0.25) is 0 Å². The van der Waals surface area contributed by atoms with Crippen molar-refractivity contribution in [2.45, 2.75) is 12.8 Å². The summed E-state index contributed by atoms with van der Waals surface area (Å²) in [5.74, 6) is 0.293. The minimum absolute atomic E-state index is 0.293. The molecule has 0 aliphatic rings. The van der Waals surface area contributed by atoms with Gasteiger partial charge in [-0.15, -0.1) is 0 Å². The van der Waals surface area contributed by atoms with Crippen LogP contribution in [0.4, 0.5) is 0 Å². The summed E-state index contributed by atoms with van der Waals surface area (Å²) >= 11 is 0. The lowest BCUT2D eigenvalue weighted by Gasteiger charge is -2.04. The number of hydrogen-bond donors (Lipinski definition) is 0. The second-order valence-electron chi connectivity index (χ2n) is 2.54. The zero-order valence-electron chi connectivity index (χ0n) is 6.83. The fourth-order valence-electron chi connectivity index (χ4n) is 1.04. The van der Waals surface area contributed by atoms with Gasteiger partial charge in [0.15, 0.2) is 0 Å². The van der Waals surface area contributed by atoms with E-state index >= 15 is 0 Å². The van der Waals surface area contributed by atoms with E-state index in [1.165, 1.54) is 5.56 Å². The van der Waals surface area contributed by atoms with Gasteiger partial charge in [0.2, 0.25) is 0 Å². The first-order chi connectivity index (χ1) is 5.34. The fraction of sp³-hybridized carbons (Fsp3) is 0.182. The molecule has 0 saturated carbocycles. The van der Waals surface area contributed by atoms with Gasteiger partial charge in [-0.2, -0.15) is 0 Å². The monoisotopic (exact) mass is 145 g/mol. The molecule has 0 bridgehead atoms. The van der Waals surface area contributed by atoms with Gasteiger partial charge in [-0.3, -0.25) is 0 Å². The number of benzene rings is 1. The van der Waals surface area contributed by atoms with Crippen LogP contribution in [0.5, 0.6) is 0 Å². The average Bonchev–Trinajstić information content (AvgIpc) is 2.07. The molecule has 1 aromatic carbocycles. The minimum atomic E-state index is 0.293. The Bertz CT molecular complexity index is 221. The van der Waals surface area contributed by atoms with Crippen LogP contribution in [-0.2, 0) is 0 Å². The van der Waals surface area contributed by atoms with E-state index in [0.717, 1.165) is 0 Å². The van der Waals surface area contributed by atoms with Gasteiger partial charge < -0.3 is 0 Å². The van der Waals surface area contributed by atoms with Crippen LogP contribution in [0.3, 0.4) is 0 Å². The molecule has 0 aromatic heterocycles. The van der Waals surface area contributed by atoms with Crippen molar-refractivity contribution < 1.29 is 0 Å². The summed E-state index contributed by atoms with van der Waals surface area (Å²) in [6.07, 6.45) is 4.12. The van der Waals surface area contributed by atoms with Gasteiger partial charge in [-0.25, -0.2) is 0 Å². The summed E-state index contributed by atoms with van der Waals surface area (Å²) in [6, 6.07) is 10.3. The molecule has 0 aliphatic heterocycles. The molecule has 11 heavy (non-hydrogen) atoms. The van der Waals surface area contributed by atoms with Crippen LogP contribution in [0, 0.1) is 6.92 Å². The SMILES string of the molecule is [CH2]C(/C=C/C)c1ccccc1. The maximum absolute atomic E-state index is 4.01. The molecule has 1 atom stereocenters. The molecule has 0 nitrogen and oxygen atoms in total. The van der Waals surface area contributed by atoms with E-state index in [1.54, 1.807) is 0 Å². The van der Waals surface area contributed by atoms with Crippen molar-refractivity contribution in [1.82, 2.24) is 0 Å². The van der Waals surface area contributed by atoms with E-state index in [2.05, 4.69) is 25.1 Å². The van der Waals surface area contributed by atoms with Gasteiger partial charge in [-0.05, 0) is 19.4 Å². The molecular weight excluding hydrogens is 132 g/mol. The Morgan fingerprint density at radius 3 is 2.45 bits per heavy atom. The van der Waals surface area contributed by atoms with Gasteiger partial charge in [-0.1, -0.05) is 42.5 Å². The van der Waals surface area contributed by atoms with E-state index in [4.69, 9.17) is 0 Å². The van der Waals surface area contributed by atoms with Crippen LogP contribution < -0.4 is 0 Å². The lowest BCUT2D eigenvalue weighted by atomic mass is 10.0. The van der Waals surface area contributed by atoms with Crippen LogP contribution in [0.1, 0.15) is 18.4 Å². The van der Waals surface area contributed by atoms with Crippen LogP contribution in [0.25, 0.3) is 0 Å². The van der Waals surface area contributed by atoms with Gasteiger partial charge in [0.05, 0.1) is 0 Å². The normalized spacial score (nSPS) is 13.6. The Morgan fingerprint density at radius 2 is 1.91 bits per heavy atom. The lowest BCUT2D eigenvalue weighted by molar-refractivity contribution is 1.08. The Labute approximate surface area is 68.6 Å². The number of rotatable bonds is 2. The fourth-order valence-corrected chi connectivity index (χ4v) is 1.04. The van der Waals surface area contributed by atoms with Gasteiger partial charge in [0, 0.05) is 5.92 Å². The van der Waals surface area contributed by atoms with Crippen molar-refractivity contribution in [2.75, 3.05) is 0 Å². The Morgan fingerprint density at radius 1 is 1.27 bits per heavy atom. The average molecular weight is 145 g/mol. The van der Waals surface area contributed by atoms with Crippen molar-refractivity contribution in [2.24, 2.45) is 0 Å². The van der Waals surface area contributed by atoms with E-state index in [9.17, 15) is 0 Å². The van der Waals surface area contributed by atoms with Gasteiger partial charge >= 0.3 is 0 Å². The van der Waals surface area contributed by atoms with E-state index in [0.29, 0.717) is 5.92 Å². The first kappa shape index (κ1) is 8.06. The summed E-state index contributed by atoms with van der Waals surface area (Å²) in [7, 11) is 0. The van der Waals surface area contributed by atoms with E-state index in [-0.39, 0.29) is 0 Å². The molecule has 0 spiro atoms. The molecule has 0 fully saturated rings. The first-order valence-electron chi connectivity index (χ1n) is 3.85. The predicted octanol–water partition coefficient (Wildman–Crippen LogP) is 3.18. The van der Waals surface area contributed by atoms with E-state index < -0.39 is 0 Å². The van der Waals surface area contributed by atoms with Crippen molar-refractivity contribution >= 4 is 0 Å². The molecule has 0 heteroatoms. The standard InChI is InChI=1S/C11H13/c1-3-7-10(2)11-8-5-4-6-9-11/h3-10H,2H2,1H3/b7-3+. The molecule has 0 aliphatic carbocycles. The van der Waals surface area contributed by atoms with Crippen molar-refractivity contribution in [3.8, 4) is 0 Å². The molecule has 1 rings (SSSR count). The Kier molecular flexibility index (Phi) is 2.91. The molecule has 0 amide bonds. The molecule has 57 valence electrons. The summed E-state index contributed by atoms with van der Waals surface area (Å²) in [6.45, 7) is 6.03. The predicted molar refractivity (Wildman–Crippen MR) is 49.4 cm³/mol. The number of allylic oxidation sites excluding steroid dienone is 2. The summed E-state index contributed by atoms with van der Waals surface area (Å²) in [5.41, 5.74) is 1.27. The quantitative estimate of drug-likeness (QED) is 0.561. The molecule has 0 N–H and O–H groups in total. The summed E-state index contributed by atoms with van der Waals surface area (Å²) in [5, 5.41) is 0. The molecule has 1 radical (unpaired) electrons. The maximum Gasteiger partial charge on any atom is 0.00181 e. The summed E-state index contributed by atoms with van der Waals surface area (Å²) in [4.78, 5) is 0. The second kappa shape index (κ2) is 3.97. The smallest absolute Gasteiger partial charge is 0.00181 e. The summed E-state index contributed by atoms with van der Waals surface area (Å²) < 4.78 is 0. The highest BCUT2D eigenvalue weighted by Crippen LogP contribution is 2.14. The van der Waals surface area contributed by atoms with Crippen LogP contribution >= 0.6 is 0 Å². The number of hydrogen-bond acceptors (Lipinski definition) is 0. The van der Waals surface area contributed by atoms with E-state index in [1.807, 2.05) is 31.2 Å². The highest BCUT2D eigenvalue weighted by molar-refractivity contribution is 5.24. The third-order valence-corrected chi connectivity index (χ3v) is 1.65. The molecule has 1 unspecified atom stereocenters. The van der Waals surface area contributed by atoms with Gasteiger partial charge in [0.25, 0.3) is 0 Å². The van der Waals surface area contributed by atoms with Gasteiger partial charge in [0.1, 0.15) is 0 Å². The van der Waals surface area contributed by atoms with Crippen LogP contribution in [-0.4, -0.2) is 0 Å². The largest absolute Gasteiger partial charge is 0.0910 e. The molecule has 0 saturated heterocycles. The highest BCUT2D eigenvalue weighted by atomic mass is 14.0. The Hall–Kier alpha value is -1.04. The van der Waals surface area contributed by atoms with Crippen molar-refractivity contribution in [3.05, 3.63) is 55.0 Å². The highest BCUT2D eigenvalue weighted by Gasteiger charge is 1.97. The molecule has 0 heterocycles. The van der Waals surface area contributed by atoms with Crippen molar-refractivity contribution in [1.29, 1.82) is 0 Å². The Balaban J connectivity index is 2.76. The third kappa shape index (κ3) is 2.23. The first-order valence-corrected chi connectivity index (χ1v) is 3.85.